The minimum absolute atomic E-state index is 0.331. The van der Waals surface area contributed by atoms with Gasteiger partial charge in [0.25, 0.3) is 0 Å². The number of hydrogen-bond acceptors (Lipinski definition) is 2. The van der Waals surface area contributed by atoms with Crippen LogP contribution in [-0.2, 0) is 9.53 Å². The maximum atomic E-state index is 9.97. The third-order valence-corrected chi connectivity index (χ3v) is 0.955. The molecule has 0 unspecified atom stereocenters. The monoisotopic (exact) mass is 138 g/mol. The van der Waals surface area contributed by atoms with Gasteiger partial charge in [-0.1, -0.05) is 13.2 Å². The van der Waals surface area contributed by atoms with Gasteiger partial charge in [-0.2, -0.15) is 0 Å². The van der Waals surface area contributed by atoms with E-state index in [1.165, 1.54) is 6.26 Å². The Morgan fingerprint density at radius 3 is 2.80 bits per heavy atom. The van der Waals surface area contributed by atoms with Crippen molar-refractivity contribution in [2.24, 2.45) is 0 Å². The molecule has 0 N–H and O–H groups in total. The second-order valence-electron chi connectivity index (χ2n) is 1.63. The summed E-state index contributed by atoms with van der Waals surface area (Å²) in [6.45, 7) is 7.11. The van der Waals surface area contributed by atoms with Crippen molar-refractivity contribution in [2.45, 2.75) is 6.42 Å². The van der Waals surface area contributed by atoms with Crippen LogP contribution in [0.5, 0.6) is 0 Å². The first-order chi connectivity index (χ1) is 4.85. The minimum Gasteiger partial charge on any atom is -0.497 e. The average Bonchev–Trinajstić information content (AvgIpc) is 1.98. The van der Waals surface area contributed by atoms with E-state index >= 15 is 0 Å². The molecule has 0 aliphatic rings. The van der Waals surface area contributed by atoms with Gasteiger partial charge in [0.1, 0.15) is 12.9 Å². The third kappa shape index (κ3) is 3.70. The molecule has 0 fully saturated rings. The largest absolute Gasteiger partial charge is 0.497 e. The van der Waals surface area contributed by atoms with Crippen LogP contribution in [0.2, 0.25) is 0 Å². The topological polar surface area (TPSA) is 26.3 Å². The molecule has 0 saturated heterocycles. The zero-order valence-electron chi connectivity index (χ0n) is 5.80. The van der Waals surface area contributed by atoms with E-state index in [-0.39, 0.29) is 0 Å². The lowest BCUT2D eigenvalue weighted by atomic mass is 10.2. The van der Waals surface area contributed by atoms with E-state index in [1.54, 1.807) is 0 Å². The zero-order valence-corrected chi connectivity index (χ0v) is 5.80. The summed E-state index contributed by atoms with van der Waals surface area (Å²) in [4.78, 5) is 9.97. The average molecular weight is 138 g/mol. The van der Waals surface area contributed by atoms with Crippen LogP contribution in [0.4, 0.5) is 0 Å². The first-order valence-electron chi connectivity index (χ1n) is 2.89. The van der Waals surface area contributed by atoms with Crippen molar-refractivity contribution < 1.29 is 9.53 Å². The highest BCUT2D eigenvalue weighted by atomic mass is 16.5. The third-order valence-electron chi connectivity index (χ3n) is 0.955. The fourth-order valence-corrected chi connectivity index (χ4v) is 0.442. The SMILES string of the molecule is C=C=C(CC=O)COC=C. The quantitative estimate of drug-likeness (QED) is 0.326. The summed E-state index contributed by atoms with van der Waals surface area (Å²) in [6, 6.07) is 0. The Morgan fingerprint density at radius 2 is 2.40 bits per heavy atom. The predicted molar refractivity (Wildman–Crippen MR) is 39.5 cm³/mol. The maximum absolute atomic E-state index is 9.97. The van der Waals surface area contributed by atoms with Gasteiger partial charge < -0.3 is 9.53 Å². The van der Waals surface area contributed by atoms with Crippen molar-refractivity contribution in [2.75, 3.05) is 6.61 Å². The number of ether oxygens (including phenoxy) is 1. The molecule has 0 aromatic carbocycles. The second-order valence-corrected chi connectivity index (χ2v) is 1.63. The van der Waals surface area contributed by atoms with Crippen molar-refractivity contribution in [1.29, 1.82) is 0 Å². The summed E-state index contributed by atoms with van der Waals surface area (Å²) in [5.41, 5.74) is 3.35. The number of aldehydes is 1. The minimum atomic E-state index is 0.331. The molecular formula is C8H10O2. The lowest BCUT2D eigenvalue weighted by Gasteiger charge is -1.98. The standard InChI is InChI=1S/C8H10O2/c1-3-8(5-6-9)7-10-4-2/h4,6H,1-2,5,7H2. The molecule has 10 heavy (non-hydrogen) atoms. The van der Waals surface area contributed by atoms with Crippen LogP contribution < -0.4 is 0 Å². The summed E-state index contributed by atoms with van der Waals surface area (Å²) in [5, 5.41) is 0. The summed E-state index contributed by atoms with van der Waals surface area (Å²) in [6.07, 6.45) is 2.44. The van der Waals surface area contributed by atoms with E-state index in [4.69, 9.17) is 4.74 Å². The molecule has 54 valence electrons. The van der Waals surface area contributed by atoms with Crippen molar-refractivity contribution >= 4 is 6.29 Å². The Hall–Kier alpha value is -1.27. The van der Waals surface area contributed by atoms with Crippen LogP contribution in [0.3, 0.4) is 0 Å². The van der Waals surface area contributed by atoms with Gasteiger partial charge in [-0.3, -0.25) is 0 Å². The summed E-state index contributed by atoms with van der Waals surface area (Å²) < 4.78 is 4.80. The maximum Gasteiger partial charge on any atom is 0.124 e. The number of rotatable bonds is 5. The van der Waals surface area contributed by atoms with Gasteiger partial charge in [0.05, 0.1) is 6.26 Å². The van der Waals surface area contributed by atoms with E-state index < -0.39 is 0 Å². The molecule has 0 aromatic rings. The molecule has 0 bridgehead atoms. The van der Waals surface area contributed by atoms with E-state index in [0.29, 0.717) is 13.0 Å². The first kappa shape index (κ1) is 8.73. The first-order valence-corrected chi connectivity index (χ1v) is 2.89. The highest BCUT2D eigenvalue weighted by molar-refractivity contribution is 5.54. The highest BCUT2D eigenvalue weighted by Gasteiger charge is 1.92. The van der Waals surface area contributed by atoms with Crippen LogP contribution in [0, 0.1) is 0 Å². The molecule has 0 atom stereocenters. The van der Waals surface area contributed by atoms with Gasteiger partial charge in [0.15, 0.2) is 0 Å². The van der Waals surface area contributed by atoms with E-state index in [2.05, 4.69) is 18.9 Å². The molecule has 0 rings (SSSR count). The normalized spacial score (nSPS) is 7.60. The lowest BCUT2D eigenvalue weighted by Crippen LogP contribution is -1.92. The van der Waals surface area contributed by atoms with Gasteiger partial charge in [-0.15, -0.1) is 5.73 Å². The van der Waals surface area contributed by atoms with E-state index in [1.807, 2.05) is 0 Å². The molecule has 0 saturated carbocycles. The molecule has 0 aliphatic carbocycles. The fraction of sp³-hybridized carbons (Fsp3) is 0.250. The van der Waals surface area contributed by atoms with Gasteiger partial charge in [-0.05, 0) is 0 Å². The van der Waals surface area contributed by atoms with Crippen molar-refractivity contribution in [3.05, 3.63) is 30.7 Å². The summed E-state index contributed by atoms with van der Waals surface area (Å²) in [5.74, 6) is 0. The molecule has 0 aromatic heterocycles. The predicted octanol–water partition coefficient (Wildman–Crippen LogP) is 1.45. The Morgan fingerprint density at radius 1 is 1.70 bits per heavy atom. The Labute approximate surface area is 60.5 Å². The number of hydrogen-bond donors (Lipinski definition) is 0. The molecule has 0 amide bonds. The summed E-state index contributed by atoms with van der Waals surface area (Å²) >= 11 is 0. The van der Waals surface area contributed by atoms with Crippen molar-refractivity contribution in [1.82, 2.24) is 0 Å². The van der Waals surface area contributed by atoms with Crippen molar-refractivity contribution in [3.63, 3.8) is 0 Å². The van der Waals surface area contributed by atoms with Gasteiger partial charge in [0, 0.05) is 12.0 Å². The Bertz CT molecular complexity index is 164. The van der Waals surface area contributed by atoms with Gasteiger partial charge in [-0.25, -0.2) is 0 Å². The van der Waals surface area contributed by atoms with Crippen molar-refractivity contribution in [3.8, 4) is 0 Å². The lowest BCUT2D eigenvalue weighted by molar-refractivity contribution is -0.107. The highest BCUT2D eigenvalue weighted by Crippen LogP contribution is 1.96. The Balaban J connectivity index is 3.72. The summed E-state index contributed by atoms with van der Waals surface area (Å²) in [7, 11) is 0. The Kier molecular flexibility index (Phi) is 5.12. The van der Waals surface area contributed by atoms with Crippen LogP contribution in [0.1, 0.15) is 6.42 Å². The zero-order chi connectivity index (χ0) is 7.82. The molecule has 0 spiro atoms. The number of carbonyl (C=O) groups is 1. The van der Waals surface area contributed by atoms with Gasteiger partial charge >= 0.3 is 0 Å². The second kappa shape index (κ2) is 5.86. The van der Waals surface area contributed by atoms with E-state index in [9.17, 15) is 4.79 Å². The van der Waals surface area contributed by atoms with Crippen LogP contribution in [0.25, 0.3) is 0 Å². The molecule has 0 aliphatic heterocycles. The molecule has 2 heteroatoms. The molecule has 0 radical (unpaired) electrons. The van der Waals surface area contributed by atoms with Gasteiger partial charge in [0.2, 0.25) is 0 Å². The van der Waals surface area contributed by atoms with Crippen LogP contribution in [0.15, 0.2) is 30.7 Å². The van der Waals surface area contributed by atoms with E-state index in [0.717, 1.165) is 11.9 Å². The smallest absolute Gasteiger partial charge is 0.124 e. The van der Waals surface area contributed by atoms with Crippen LogP contribution in [-0.4, -0.2) is 12.9 Å². The fourth-order valence-electron chi connectivity index (χ4n) is 0.442. The van der Waals surface area contributed by atoms with Crippen LogP contribution >= 0.6 is 0 Å². The molecule has 0 heterocycles. The molecular weight excluding hydrogens is 128 g/mol. The number of carbonyl (C=O) groups excluding carboxylic acids is 1. The molecule has 2 nitrogen and oxygen atoms in total.